The molecule has 2 saturated carbocycles. The Labute approximate surface area is 307 Å². The monoisotopic (exact) mass is 755 g/mol. The molecule has 1 saturated heterocycles. The minimum Gasteiger partial charge on any atom is -0.493 e. The summed E-state index contributed by atoms with van der Waals surface area (Å²) >= 11 is 0. The summed E-state index contributed by atoms with van der Waals surface area (Å²) in [7, 11) is -4.38. The number of halogens is 1. The molecule has 0 spiro atoms. The predicted molar refractivity (Wildman–Crippen MR) is 190 cm³/mol. The van der Waals surface area contributed by atoms with Crippen molar-refractivity contribution in [2.75, 3.05) is 19.8 Å². The number of rotatable bonds is 7. The van der Waals surface area contributed by atoms with Crippen LogP contribution in [0, 0.1) is 17.8 Å². The molecule has 4 amide bonds. The lowest BCUT2D eigenvalue weighted by Gasteiger charge is -2.32. The van der Waals surface area contributed by atoms with E-state index in [1.54, 1.807) is 19.2 Å². The third-order valence-corrected chi connectivity index (χ3v) is 13.7. The van der Waals surface area contributed by atoms with Crippen LogP contribution in [0.3, 0.4) is 0 Å². The smallest absolute Gasteiger partial charge is 0.405 e. The lowest BCUT2D eigenvalue weighted by molar-refractivity contribution is -0.142. The quantitative estimate of drug-likeness (QED) is 0.305. The van der Waals surface area contributed by atoms with E-state index in [-0.39, 0.29) is 44.0 Å². The minimum atomic E-state index is -4.38. The Morgan fingerprint density at radius 3 is 2.70 bits per heavy atom. The van der Waals surface area contributed by atoms with Crippen molar-refractivity contribution >= 4 is 44.6 Å². The maximum atomic E-state index is 14.4. The van der Waals surface area contributed by atoms with Crippen LogP contribution >= 0.6 is 0 Å². The second-order valence-electron chi connectivity index (χ2n) is 15.5. The molecule has 0 radical (unpaired) electrons. The molecule has 1 aromatic carbocycles. The molecule has 4 N–H and O–H groups in total. The highest BCUT2D eigenvalue weighted by atomic mass is 32.2. The van der Waals surface area contributed by atoms with E-state index < -0.39 is 80.8 Å². The molecule has 3 fully saturated rings. The number of ether oxygens (including phenoxy) is 2. The summed E-state index contributed by atoms with van der Waals surface area (Å²) in [6, 6.07) is 3.32. The van der Waals surface area contributed by atoms with Crippen molar-refractivity contribution in [3.63, 3.8) is 0 Å². The predicted octanol–water partition coefficient (Wildman–Crippen LogP) is 3.38. The number of allylic oxidation sites excluding steroid dienone is 1. The lowest BCUT2D eigenvalue weighted by Crippen LogP contribution is -2.59. The van der Waals surface area contributed by atoms with E-state index in [0.29, 0.717) is 31.3 Å². The first-order valence-corrected chi connectivity index (χ1v) is 19.9. The Hall–Kier alpha value is -4.47. The van der Waals surface area contributed by atoms with E-state index in [1.807, 2.05) is 31.2 Å². The molecule has 0 unspecified atom stereocenters. The average Bonchev–Trinajstić information content (AvgIpc) is 4.03. The topological polar surface area (TPSA) is 193 Å². The van der Waals surface area contributed by atoms with Crippen molar-refractivity contribution < 1.29 is 46.6 Å². The number of aromatic nitrogens is 1. The summed E-state index contributed by atoms with van der Waals surface area (Å²) in [6.07, 6.45) is 6.98. The molecule has 53 heavy (non-hydrogen) atoms. The normalized spacial score (nSPS) is 31.0. The van der Waals surface area contributed by atoms with Gasteiger partial charge >= 0.3 is 6.09 Å². The highest BCUT2D eigenvalue weighted by molar-refractivity contribution is 7.91. The number of nitrogens with one attached hydrogen (secondary N) is 3. The number of aryl methyl sites for hydroxylation is 1. The average molecular weight is 756 g/mol. The molecular formula is C37H46FN5O9S. The minimum absolute atomic E-state index is 0.0247. The van der Waals surface area contributed by atoms with Crippen LogP contribution < -0.4 is 24.8 Å². The largest absolute Gasteiger partial charge is 0.493 e. The van der Waals surface area contributed by atoms with Gasteiger partial charge in [-0.1, -0.05) is 32.1 Å². The van der Waals surface area contributed by atoms with Crippen LogP contribution in [0.15, 0.2) is 36.5 Å². The van der Waals surface area contributed by atoms with Crippen LogP contribution in [0.25, 0.3) is 10.8 Å². The van der Waals surface area contributed by atoms with Crippen LogP contribution in [0.5, 0.6) is 11.6 Å². The molecule has 286 valence electrons. The third kappa shape index (κ3) is 7.01. The zero-order chi connectivity index (χ0) is 37.7. The lowest BCUT2D eigenvalue weighted by atomic mass is 9.88. The highest BCUT2D eigenvalue weighted by Crippen LogP contribution is 2.48. The molecule has 1 aromatic heterocycles. The van der Waals surface area contributed by atoms with Crippen molar-refractivity contribution in [1.29, 1.82) is 0 Å². The number of hydrogen-bond donors (Lipinski definition) is 4. The number of amides is 4. The van der Waals surface area contributed by atoms with E-state index >= 15 is 0 Å². The van der Waals surface area contributed by atoms with Gasteiger partial charge in [0.05, 0.1) is 13.2 Å². The van der Waals surface area contributed by atoms with Crippen molar-refractivity contribution in [1.82, 2.24) is 25.2 Å². The molecule has 7 atom stereocenters. The van der Waals surface area contributed by atoms with Crippen LogP contribution in [0.1, 0.15) is 70.8 Å². The fourth-order valence-corrected chi connectivity index (χ4v) is 9.61. The summed E-state index contributed by atoms with van der Waals surface area (Å²) in [5, 5.41) is 16.5. The van der Waals surface area contributed by atoms with Gasteiger partial charge in [0.15, 0.2) is 0 Å². The molecule has 14 nitrogen and oxygen atoms in total. The maximum absolute atomic E-state index is 14.4. The third-order valence-electron chi connectivity index (χ3n) is 11.6. The second kappa shape index (κ2) is 14.1. The van der Waals surface area contributed by atoms with Gasteiger partial charge in [0.25, 0.3) is 5.91 Å². The molecule has 16 heteroatoms. The van der Waals surface area contributed by atoms with Crippen molar-refractivity contribution in [2.45, 2.75) is 100 Å². The summed E-state index contributed by atoms with van der Waals surface area (Å²) in [4.78, 5) is 60.3. The Bertz CT molecular complexity index is 1960. The van der Waals surface area contributed by atoms with Crippen LogP contribution in [-0.2, 0) is 30.8 Å². The summed E-state index contributed by atoms with van der Waals surface area (Å²) in [5.74, 6) is -2.16. The first kappa shape index (κ1) is 36.9. The van der Waals surface area contributed by atoms with Gasteiger partial charge in [0.2, 0.25) is 27.7 Å². The van der Waals surface area contributed by atoms with Gasteiger partial charge in [0.1, 0.15) is 40.9 Å². The summed E-state index contributed by atoms with van der Waals surface area (Å²) in [5.41, 5.74) is -0.583. The van der Waals surface area contributed by atoms with Gasteiger partial charge in [-0.2, -0.15) is 0 Å². The molecule has 5 aliphatic rings. The number of benzene rings is 1. The van der Waals surface area contributed by atoms with Crippen LogP contribution in [0.4, 0.5) is 9.18 Å². The van der Waals surface area contributed by atoms with Crippen LogP contribution in [0.2, 0.25) is 0 Å². The number of nitrogens with zero attached hydrogens (tertiary/aromatic N) is 2. The van der Waals surface area contributed by atoms with E-state index in [9.17, 15) is 37.1 Å². The highest BCUT2D eigenvalue weighted by Gasteiger charge is 2.64. The molecular weight excluding hydrogens is 709 g/mol. The van der Waals surface area contributed by atoms with Crippen molar-refractivity contribution in [2.24, 2.45) is 17.8 Å². The van der Waals surface area contributed by atoms with Crippen molar-refractivity contribution in [3.05, 3.63) is 42.1 Å². The fourth-order valence-electron chi connectivity index (χ4n) is 8.19. The number of alkyl halides is 1. The Balaban J connectivity index is 1.21. The number of carbonyl (C=O) groups excluding carboxylic acids is 3. The Morgan fingerprint density at radius 1 is 1.17 bits per heavy atom. The number of hydrogen-bond acceptors (Lipinski definition) is 9. The second-order valence-corrected chi connectivity index (χ2v) is 17.5. The number of pyridine rings is 1. The summed E-state index contributed by atoms with van der Waals surface area (Å²) < 4.78 is 52.8. The first-order valence-electron chi connectivity index (χ1n) is 18.4. The van der Waals surface area contributed by atoms with Gasteiger partial charge in [0, 0.05) is 29.3 Å². The fraction of sp³-hybridized carbons (Fsp3) is 0.595. The molecule has 3 aliphatic heterocycles. The van der Waals surface area contributed by atoms with Crippen molar-refractivity contribution in [3.8, 4) is 11.6 Å². The number of sulfonamides is 1. The Kier molecular flexibility index (Phi) is 9.79. The molecule has 2 aromatic rings. The number of carbonyl (C=O) groups is 4. The van der Waals surface area contributed by atoms with Gasteiger partial charge in [-0.05, 0) is 80.9 Å². The van der Waals surface area contributed by atoms with E-state index in [0.717, 1.165) is 29.5 Å². The maximum Gasteiger partial charge on any atom is 0.405 e. The Morgan fingerprint density at radius 2 is 1.96 bits per heavy atom. The van der Waals surface area contributed by atoms with E-state index in [2.05, 4.69) is 20.3 Å². The van der Waals surface area contributed by atoms with Gasteiger partial charge < -0.3 is 30.1 Å². The van der Waals surface area contributed by atoms with Gasteiger partial charge in [-0.25, -0.2) is 22.6 Å². The van der Waals surface area contributed by atoms with E-state index in [1.165, 1.54) is 4.90 Å². The number of fused-ring (bicyclic) bond motifs is 5. The summed E-state index contributed by atoms with van der Waals surface area (Å²) in [6.45, 7) is 3.16. The van der Waals surface area contributed by atoms with Gasteiger partial charge in [-0.3, -0.25) is 19.1 Å². The zero-order valence-electron chi connectivity index (χ0n) is 29.8. The number of carboxylic acid groups (broad SMARTS) is 1. The molecule has 2 aliphatic carbocycles. The van der Waals surface area contributed by atoms with E-state index in [4.69, 9.17) is 9.47 Å². The first-order chi connectivity index (χ1) is 25.3. The molecule has 7 rings (SSSR count). The standard InChI is InChI=1S/C37H46FN5O9S/c1-21-6-3-4-8-24-18-37(24,34(46)42-53(49,50)36(20-38)12-13-36)41-31(44)28-17-25(19-43(28)33(45)29(22(2)16-21)40-35(47)48)52-32-27-10-9-23-7-5-15-51-30(23)26(27)11-14-39-32/h4,8-11,14,21-22,24-25,28-29,40H,3,5-7,12-13,15-20H2,1-2H3,(H,41,44)(H,42,46)(H,47,48)/t21-,22-,24-,25-,28+,29+,37-/m1/s1. The van der Waals surface area contributed by atoms with Crippen LogP contribution in [-0.4, -0.2) is 95.5 Å². The molecule has 0 bridgehead atoms. The SMILES string of the molecule is C[C@@H]1CCC=C[C@@H]2C[C@@]2(C(=O)NS(=O)(=O)C2(CF)CC2)NC(=O)[C@@H]2C[C@@H](Oc3nccc4c5c(ccc34)CCCO5)CN2C(=O)[C@@H](NC(=O)O)[C@H](C)C1. The van der Waals surface area contributed by atoms with Gasteiger partial charge in [-0.15, -0.1) is 0 Å². The zero-order valence-corrected chi connectivity index (χ0v) is 30.6. The molecule has 4 heterocycles.